The van der Waals surface area contributed by atoms with E-state index in [4.69, 9.17) is 4.74 Å². The van der Waals surface area contributed by atoms with Crippen molar-refractivity contribution in [2.75, 3.05) is 53.5 Å². The van der Waals surface area contributed by atoms with Crippen LogP contribution in [-0.4, -0.2) is 63.3 Å². The minimum absolute atomic E-state index is 0.863. The maximum Gasteiger partial charge on any atom is 0.0464 e. The molecule has 0 aromatic carbocycles. The fourth-order valence-electron chi connectivity index (χ4n) is 2.51. The lowest BCUT2D eigenvalue weighted by Gasteiger charge is -2.32. The lowest BCUT2D eigenvalue weighted by molar-refractivity contribution is 0.145. The van der Waals surface area contributed by atoms with Crippen LogP contribution in [0.5, 0.6) is 0 Å². The van der Waals surface area contributed by atoms with Gasteiger partial charge < -0.3 is 14.5 Å². The summed E-state index contributed by atoms with van der Waals surface area (Å²) in [5, 5.41) is 0. The van der Waals surface area contributed by atoms with E-state index in [2.05, 4.69) is 23.8 Å². The molecule has 102 valence electrons. The van der Waals surface area contributed by atoms with Gasteiger partial charge in [-0.1, -0.05) is 13.3 Å². The fourth-order valence-corrected chi connectivity index (χ4v) is 2.51. The Hall–Kier alpha value is -0.120. The van der Waals surface area contributed by atoms with E-state index in [1.807, 2.05) is 0 Å². The molecule has 1 atom stereocenters. The molecule has 17 heavy (non-hydrogen) atoms. The Balaban J connectivity index is 2.05. The Bertz CT molecular complexity index is 174. The third-order valence-electron chi connectivity index (χ3n) is 3.99. The highest BCUT2D eigenvalue weighted by molar-refractivity contribution is 4.69. The molecular formula is C14H30N2O. The molecule has 0 spiro atoms. The van der Waals surface area contributed by atoms with Crippen molar-refractivity contribution < 1.29 is 4.74 Å². The van der Waals surface area contributed by atoms with Gasteiger partial charge in [-0.15, -0.1) is 0 Å². The van der Waals surface area contributed by atoms with Gasteiger partial charge in [0.2, 0.25) is 0 Å². The van der Waals surface area contributed by atoms with E-state index in [1.165, 1.54) is 58.4 Å². The van der Waals surface area contributed by atoms with Crippen LogP contribution in [0.1, 0.15) is 32.6 Å². The van der Waals surface area contributed by atoms with E-state index in [1.54, 1.807) is 7.11 Å². The van der Waals surface area contributed by atoms with Crippen LogP contribution < -0.4 is 0 Å². The Morgan fingerprint density at radius 1 is 1.12 bits per heavy atom. The molecule has 0 bridgehead atoms. The van der Waals surface area contributed by atoms with Crippen LogP contribution in [0.3, 0.4) is 0 Å². The predicted molar refractivity (Wildman–Crippen MR) is 73.4 cm³/mol. The van der Waals surface area contributed by atoms with Crippen LogP contribution in [0.25, 0.3) is 0 Å². The molecule has 1 rings (SSSR count). The van der Waals surface area contributed by atoms with Gasteiger partial charge in [0.05, 0.1) is 0 Å². The molecule has 1 aliphatic heterocycles. The van der Waals surface area contributed by atoms with E-state index in [0.29, 0.717) is 0 Å². The lowest BCUT2D eigenvalue weighted by Crippen LogP contribution is -2.44. The minimum Gasteiger partial charge on any atom is -0.385 e. The normalized spacial score (nSPS) is 20.6. The first-order valence-electron chi connectivity index (χ1n) is 7.16. The van der Waals surface area contributed by atoms with Crippen molar-refractivity contribution in [1.82, 2.24) is 9.80 Å². The molecule has 0 amide bonds. The summed E-state index contributed by atoms with van der Waals surface area (Å²) in [7, 11) is 4.02. The summed E-state index contributed by atoms with van der Waals surface area (Å²) in [6.07, 6.45) is 5.25. The van der Waals surface area contributed by atoms with Crippen molar-refractivity contribution in [2.45, 2.75) is 32.6 Å². The van der Waals surface area contributed by atoms with Gasteiger partial charge in [-0.3, -0.25) is 0 Å². The summed E-state index contributed by atoms with van der Waals surface area (Å²) in [5.41, 5.74) is 0. The molecule has 0 aromatic heterocycles. The molecule has 0 aliphatic carbocycles. The molecule has 0 unspecified atom stereocenters. The van der Waals surface area contributed by atoms with Gasteiger partial charge in [0, 0.05) is 39.9 Å². The molecule has 0 aromatic rings. The zero-order valence-corrected chi connectivity index (χ0v) is 12.0. The second kappa shape index (κ2) is 8.90. The van der Waals surface area contributed by atoms with Crippen molar-refractivity contribution >= 4 is 0 Å². The van der Waals surface area contributed by atoms with E-state index < -0.39 is 0 Å². The standard InChI is InChI=1S/C14H30N2O/c1-4-14(7-13-17-3)6-5-8-16-11-9-15(2)10-12-16/h14H,4-13H2,1-3H3/t14-/m0/s1. The molecular weight excluding hydrogens is 212 g/mol. The third kappa shape index (κ3) is 6.39. The largest absolute Gasteiger partial charge is 0.385 e. The topological polar surface area (TPSA) is 15.7 Å². The van der Waals surface area contributed by atoms with E-state index in [9.17, 15) is 0 Å². The fraction of sp³-hybridized carbons (Fsp3) is 1.00. The van der Waals surface area contributed by atoms with E-state index >= 15 is 0 Å². The van der Waals surface area contributed by atoms with Gasteiger partial charge >= 0.3 is 0 Å². The van der Waals surface area contributed by atoms with Crippen molar-refractivity contribution in [3.8, 4) is 0 Å². The highest BCUT2D eigenvalue weighted by Crippen LogP contribution is 2.16. The number of likely N-dealkylation sites (N-methyl/N-ethyl adjacent to an activating group) is 1. The van der Waals surface area contributed by atoms with Gasteiger partial charge in [0.15, 0.2) is 0 Å². The molecule has 0 saturated carbocycles. The molecule has 1 fully saturated rings. The van der Waals surface area contributed by atoms with Crippen molar-refractivity contribution in [1.29, 1.82) is 0 Å². The number of ether oxygens (including phenoxy) is 1. The van der Waals surface area contributed by atoms with Gasteiger partial charge in [-0.25, -0.2) is 0 Å². The summed E-state index contributed by atoms with van der Waals surface area (Å²) in [6.45, 7) is 9.50. The maximum atomic E-state index is 5.17. The van der Waals surface area contributed by atoms with Crippen LogP contribution in [0.2, 0.25) is 0 Å². The smallest absolute Gasteiger partial charge is 0.0464 e. The SMILES string of the molecule is CC[C@@H](CCCN1CCN(C)CC1)CCOC. The van der Waals surface area contributed by atoms with E-state index in [0.717, 1.165) is 12.5 Å². The molecule has 1 heterocycles. The third-order valence-corrected chi connectivity index (χ3v) is 3.99. The summed E-state index contributed by atoms with van der Waals surface area (Å²) in [5.74, 6) is 0.863. The quantitative estimate of drug-likeness (QED) is 0.648. The Morgan fingerprint density at radius 3 is 2.41 bits per heavy atom. The zero-order valence-electron chi connectivity index (χ0n) is 12.0. The van der Waals surface area contributed by atoms with Gasteiger partial charge in [-0.05, 0) is 38.8 Å². The first kappa shape index (κ1) is 14.9. The number of hydrogen-bond acceptors (Lipinski definition) is 3. The number of methoxy groups -OCH3 is 1. The van der Waals surface area contributed by atoms with Gasteiger partial charge in [0.25, 0.3) is 0 Å². The average molecular weight is 242 g/mol. The highest BCUT2D eigenvalue weighted by atomic mass is 16.5. The Morgan fingerprint density at radius 2 is 1.82 bits per heavy atom. The first-order chi connectivity index (χ1) is 8.26. The van der Waals surface area contributed by atoms with Crippen LogP contribution >= 0.6 is 0 Å². The van der Waals surface area contributed by atoms with Crippen LogP contribution in [0, 0.1) is 5.92 Å². The highest BCUT2D eigenvalue weighted by Gasteiger charge is 2.13. The van der Waals surface area contributed by atoms with Crippen LogP contribution in [-0.2, 0) is 4.74 Å². The van der Waals surface area contributed by atoms with Crippen molar-refractivity contribution in [2.24, 2.45) is 5.92 Å². The van der Waals surface area contributed by atoms with Crippen LogP contribution in [0.4, 0.5) is 0 Å². The van der Waals surface area contributed by atoms with Gasteiger partial charge in [0.1, 0.15) is 0 Å². The second-order valence-electron chi connectivity index (χ2n) is 5.34. The monoisotopic (exact) mass is 242 g/mol. The van der Waals surface area contributed by atoms with Gasteiger partial charge in [-0.2, -0.15) is 0 Å². The number of piperazine rings is 1. The Labute approximate surface area is 107 Å². The average Bonchev–Trinajstić information content (AvgIpc) is 2.36. The second-order valence-corrected chi connectivity index (χ2v) is 5.34. The molecule has 0 radical (unpaired) electrons. The molecule has 1 aliphatic rings. The maximum absolute atomic E-state index is 5.17. The number of nitrogens with zero attached hydrogens (tertiary/aromatic N) is 2. The van der Waals surface area contributed by atoms with Crippen molar-refractivity contribution in [3.63, 3.8) is 0 Å². The number of rotatable bonds is 8. The zero-order chi connectivity index (χ0) is 12.5. The number of hydrogen-bond donors (Lipinski definition) is 0. The summed E-state index contributed by atoms with van der Waals surface area (Å²) < 4.78 is 5.17. The molecule has 0 N–H and O–H groups in total. The Kier molecular flexibility index (Phi) is 7.82. The summed E-state index contributed by atoms with van der Waals surface area (Å²) in [6, 6.07) is 0. The molecule has 3 heteroatoms. The van der Waals surface area contributed by atoms with Crippen LogP contribution in [0.15, 0.2) is 0 Å². The predicted octanol–water partition coefficient (Wildman–Crippen LogP) is 2.08. The minimum atomic E-state index is 0.863. The molecule has 1 saturated heterocycles. The lowest BCUT2D eigenvalue weighted by atomic mass is 9.97. The van der Waals surface area contributed by atoms with E-state index in [-0.39, 0.29) is 0 Å². The summed E-state index contributed by atoms with van der Waals surface area (Å²) in [4.78, 5) is 5.03. The van der Waals surface area contributed by atoms with Crippen molar-refractivity contribution in [3.05, 3.63) is 0 Å². The first-order valence-corrected chi connectivity index (χ1v) is 7.16. The molecule has 3 nitrogen and oxygen atoms in total. The summed E-state index contributed by atoms with van der Waals surface area (Å²) >= 11 is 0.